The first kappa shape index (κ1) is 19.2. The summed E-state index contributed by atoms with van der Waals surface area (Å²) in [6, 6.07) is 7.53. The summed E-state index contributed by atoms with van der Waals surface area (Å²) in [5.41, 5.74) is 6.43. The monoisotopic (exact) mass is 396 g/mol. The van der Waals surface area contributed by atoms with E-state index in [1.54, 1.807) is 25.3 Å². The fourth-order valence-corrected chi connectivity index (χ4v) is 6.03. The lowest BCUT2D eigenvalue weighted by Crippen LogP contribution is -2.08. The maximum absolute atomic E-state index is 13.0. The lowest BCUT2D eigenvalue weighted by Gasteiger charge is -2.07. The number of nitrogen functional groups attached to an aromatic ring is 1. The van der Waals surface area contributed by atoms with Gasteiger partial charge in [-0.1, -0.05) is 12.1 Å². The first-order valence-electron chi connectivity index (χ1n) is 6.95. The number of carboxylic acid groups (broad SMARTS) is 1. The zero-order valence-corrected chi connectivity index (χ0v) is 15.9. The Morgan fingerprint density at radius 2 is 2.04 bits per heavy atom. The van der Waals surface area contributed by atoms with Crippen LogP contribution in [-0.2, 0) is 14.6 Å². The Morgan fingerprint density at radius 3 is 2.60 bits per heavy atom. The summed E-state index contributed by atoms with van der Waals surface area (Å²) in [4.78, 5) is 11.4. The van der Waals surface area contributed by atoms with Crippen LogP contribution in [0.15, 0.2) is 50.4 Å². The summed E-state index contributed by atoms with van der Waals surface area (Å²) in [6.07, 6.45) is 2.78. The molecular formula is C16H16N2O4S3. The number of sulfone groups is 1. The molecule has 0 fully saturated rings. The number of carboxylic acids is 1. The Kier molecular flexibility index (Phi) is 5.71. The molecule has 132 valence electrons. The third-order valence-corrected chi connectivity index (χ3v) is 7.68. The van der Waals surface area contributed by atoms with E-state index in [2.05, 4.69) is 0 Å². The second-order valence-electron chi connectivity index (χ2n) is 5.08. The molecule has 0 unspecified atom stereocenters. The largest absolute Gasteiger partial charge is 0.478 e. The average molecular weight is 397 g/mol. The Balaban J connectivity index is 2.58. The summed E-state index contributed by atoms with van der Waals surface area (Å²) < 4.78 is 26.5. The van der Waals surface area contributed by atoms with Crippen molar-refractivity contribution in [3.63, 3.8) is 0 Å². The van der Waals surface area contributed by atoms with Crippen molar-refractivity contribution in [3.8, 4) is 0 Å². The van der Waals surface area contributed by atoms with Gasteiger partial charge in [-0.05, 0) is 42.5 Å². The summed E-state index contributed by atoms with van der Waals surface area (Å²) in [7, 11) is -3.82. The molecule has 0 spiro atoms. The number of hydrogen-bond acceptors (Lipinski definition) is 6. The molecule has 25 heavy (non-hydrogen) atoms. The Bertz CT molecular complexity index is 975. The molecule has 0 radical (unpaired) electrons. The van der Waals surface area contributed by atoms with Gasteiger partial charge in [0, 0.05) is 6.08 Å². The summed E-state index contributed by atoms with van der Waals surface area (Å²) in [5.74, 6) is -1.28. The van der Waals surface area contributed by atoms with Gasteiger partial charge in [0.1, 0.15) is 5.84 Å². The number of thiophene rings is 1. The first-order valence-corrected chi connectivity index (χ1v) is 10.5. The van der Waals surface area contributed by atoms with Crippen LogP contribution in [0.5, 0.6) is 0 Å². The number of carbonyl (C=O) groups is 1. The average Bonchev–Trinajstić information content (AvgIpc) is 3.00. The van der Waals surface area contributed by atoms with Gasteiger partial charge in [0.15, 0.2) is 0 Å². The van der Waals surface area contributed by atoms with Crippen molar-refractivity contribution in [2.45, 2.75) is 20.9 Å². The number of nitrogens with one attached hydrogen (secondary N) is 1. The molecule has 9 heteroatoms. The van der Waals surface area contributed by atoms with E-state index in [1.807, 2.05) is 0 Å². The maximum atomic E-state index is 13.0. The van der Waals surface area contributed by atoms with Crippen LogP contribution < -0.4 is 5.73 Å². The molecule has 0 bridgehead atoms. The van der Waals surface area contributed by atoms with Gasteiger partial charge in [0.25, 0.3) is 0 Å². The molecule has 2 rings (SSSR count). The van der Waals surface area contributed by atoms with Gasteiger partial charge in [-0.3, -0.25) is 5.41 Å². The van der Waals surface area contributed by atoms with Crippen LogP contribution in [0.25, 0.3) is 5.57 Å². The van der Waals surface area contributed by atoms with Gasteiger partial charge in [-0.2, -0.15) is 0 Å². The molecule has 1 heterocycles. The molecule has 1 aromatic heterocycles. The number of nitrogens with two attached hydrogens (primary N) is 1. The highest BCUT2D eigenvalue weighted by Crippen LogP contribution is 2.37. The minimum atomic E-state index is -3.82. The van der Waals surface area contributed by atoms with Crippen molar-refractivity contribution in [3.05, 3.63) is 46.8 Å². The van der Waals surface area contributed by atoms with Crippen molar-refractivity contribution in [1.82, 2.24) is 0 Å². The Morgan fingerprint density at radius 1 is 1.36 bits per heavy atom. The predicted molar refractivity (Wildman–Crippen MR) is 100 cm³/mol. The molecule has 0 saturated heterocycles. The van der Waals surface area contributed by atoms with Crippen LogP contribution in [0, 0.1) is 5.41 Å². The number of allylic oxidation sites excluding steroid dienone is 1. The Labute approximate surface area is 153 Å². The molecule has 0 aliphatic heterocycles. The zero-order valence-electron chi connectivity index (χ0n) is 13.4. The third kappa shape index (κ3) is 4.12. The number of aliphatic carboxylic acids is 1. The van der Waals surface area contributed by atoms with Crippen molar-refractivity contribution in [2.75, 3.05) is 6.26 Å². The summed E-state index contributed by atoms with van der Waals surface area (Å²) in [6.45, 7) is 1.60. The van der Waals surface area contributed by atoms with Gasteiger partial charge in [-0.15, -0.1) is 23.1 Å². The van der Waals surface area contributed by atoms with Crippen molar-refractivity contribution in [2.24, 2.45) is 5.73 Å². The van der Waals surface area contributed by atoms with E-state index in [9.17, 15) is 13.2 Å². The molecule has 0 aliphatic rings. The fraction of sp³-hybridized carbons (Fsp3) is 0.125. The molecule has 0 atom stereocenters. The van der Waals surface area contributed by atoms with Crippen LogP contribution in [-0.4, -0.2) is 31.6 Å². The van der Waals surface area contributed by atoms with Crippen LogP contribution >= 0.6 is 23.1 Å². The molecule has 4 N–H and O–H groups in total. The maximum Gasteiger partial charge on any atom is 0.328 e. The van der Waals surface area contributed by atoms with Gasteiger partial charge in [0.2, 0.25) is 9.84 Å². The van der Waals surface area contributed by atoms with Crippen LogP contribution in [0.1, 0.15) is 17.4 Å². The lowest BCUT2D eigenvalue weighted by atomic mass is 10.1. The molecule has 1 aromatic carbocycles. The smallest absolute Gasteiger partial charge is 0.328 e. The molecule has 0 saturated carbocycles. The van der Waals surface area contributed by atoms with E-state index in [-0.39, 0.29) is 15.6 Å². The standard InChI is InChI=1S/C16H16N2O4S3/c1-9(6-14(19)20)10-4-3-5-11(7-10)25(21,22)13-8-12(15(17)18)24-16(13)23-2/h3-8H,1-2H3,(H3,17,18)(H,19,20). The first-order chi connectivity index (χ1) is 11.7. The van der Waals surface area contributed by atoms with E-state index in [0.717, 1.165) is 17.4 Å². The topological polar surface area (TPSA) is 121 Å². The van der Waals surface area contributed by atoms with Crippen molar-refractivity contribution >= 4 is 50.3 Å². The van der Waals surface area contributed by atoms with E-state index in [0.29, 0.717) is 20.2 Å². The molecule has 6 nitrogen and oxygen atoms in total. The van der Waals surface area contributed by atoms with E-state index in [4.69, 9.17) is 16.2 Å². The fourth-order valence-electron chi connectivity index (χ4n) is 2.12. The van der Waals surface area contributed by atoms with Crippen LogP contribution in [0.2, 0.25) is 0 Å². The molecule has 2 aromatic rings. The predicted octanol–water partition coefficient (Wildman–Crippen LogP) is 3.07. The van der Waals surface area contributed by atoms with E-state index < -0.39 is 15.8 Å². The normalized spacial score (nSPS) is 12.2. The molecular weight excluding hydrogens is 380 g/mol. The third-order valence-electron chi connectivity index (χ3n) is 3.35. The highest BCUT2D eigenvalue weighted by molar-refractivity contribution is 8.01. The minimum Gasteiger partial charge on any atom is -0.478 e. The van der Waals surface area contributed by atoms with E-state index >= 15 is 0 Å². The zero-order chi connectivity index (χ0) is 18.8. The molecule has 0 amide bonds. The number of rotatable bonds is 6. The van der Waals surface area contributed by atoms with Crippen molar-refractivity contribution < 1.29 is 18.3 Å². The molecule has 0 aliphatic carbocycles. The number of amidine groups is 1. The SMILES string of the molecule is CSc1sc(C(=N)N)cc1S(=O)(=O)c1cccc(C(C)=CC(=O)O)c1. The van der Waals surface area contributed by atoms with Gasteiger partial charge in [0.05, 0.1) is 18.9 Å². The second kappa shape index (κ2) is 7.42. The lowest BCUT2D eigenvalue weighted by molar-refractivity contribution is -0.131. The minimum absolute atomic E-state index is 0.0614. The second-order valence-corrected chi connectivity index (χ2v) is 9.12. The summed E-state index contributed by atoms with van der Waals surface area (Å²) >= 11 is 2.43. The van der Waals surface area contributed by atoms with Gasteiger partial charge in [-0.25, -0.2) is 13.2 Å². The Hall–Kier alpha value is -2.10. The van der Waals surface area contributed by atoms with Gasteiger partial charge < -0.3 is 10.8 Å². The number of benzene rings is 1. The van der Waals surface area contributed by atoms with E-state index in [1.165, 1.54) is 30.0 Å². The van der Waals surface area contributed by atoms with Crippen LogP contribution in [0.4, 0.5) is 0 Å². The van der Waals surface area contributed by atoms with Crippen molar-refractivity contribution in [1.29, 1.82) is 5.41 Å². The van der Waals surface area contributed by atoms with Gasteiger partial charge >= 0.3 is 5.97 Å². The highest BCUT2D eigenvalue weighted by atomic mass is 32.2. The highest BCUT2D eigenvalue weighted by Gasteiger charge is 2.25. The number of thioether (sulfide) groups is 1. The summed E-state index contributed by atoms with van der Waals surface area (Å²) in [5, 5.41) is 16.4. The van der Waals surface area contributed by atoms with Crippen LogP contribution in [0.3, 0.4) is 0 Å². The number of hydrogen-bond donors (Lipinski definition) is 3. The quantitative estimate of drug-likeness (QED) is 0.299.